The molecule has 0 atom stereocenters. The van der Waals surface area contributed by atoms with Crippen LogP contribution >= 0.6 is 31.9 Å². The summed E-state index contributed by atoms with van der Waals surface area (Å²) in [6.45, 7) is 0. The van der Waals surface area contributed by atoms with Crippen LogP contribution in [0.4, 0.5) is 0 Å². The third-order valence-electron chi connectivity index (χ3n) is 1.99. The molecule has 0 fully saturated rings. The van der Waals surface area contributed by atoms with Crippen LogP contribution in [0.15, 0.2) is 39.5 Å². The molecule has 4 nitrogen and oxygen atoms in total. The summed E-state index contributed by atoms with van der Waals surface area (Å²) in [4.78, 5) is 10.8. The van der Waals surface area contributed by atoms with E-state index in [1.807, 2.05) is 24.3 Å². The van der Waals surface area contributed by atoms with Gasteiger partial charge in [-0.15, -0.1) is 0 Å². The number of carboxylic acids is 1. The summed E-state index contributed by atoms with van der Waals surface area (Å²) in [5.41, 5.74) is 0.925. The van der Waals surface area contributed by atoms with Crippen molar-refractivity contribution in [1.82, 2.24) is 9.78 Å². The second kappa shape index (κ2) is 4.39. The highest BCUT2D eigenvalue weighted by Gasteiger charge is 2.15. The van der Waals surface area contributed by atoms with E-state index in [2.05, 4.69) is 37.0 Å². The van der Waals surface area contributed by atoms with Gasteiger partial charge in [-0.05, 0) is 34.1 Å². The summed E-state index contributed by atoms with van der Waals surface area (Å²) >= 11 is 6.56. The second-order valence-corrected chi connectivity index (χ2v) is 4.71. The molecule has 0 radical (unpaired) electrons. The second-order valence-electron chi connectivity index (χ2n) is 3.05. The first kappa shape index (κ1) is 11.3. The van der Waals surface area contributed by atoms with E-state index in [0.29, 0.717) is 4.60 Å². The average Bonchev–Trinajstić information content (AvgIpc) is 2.60. The Morgan fingerprint density at radius 1 is 1.38 bits per heavy atom. The van der Waals surface area contributed by atoms with Crippen LogP contribution < -0.4 is 0 Å². The fourth-order valence-corrected chi connectivity index (χ4v) is 2.22. The predicted octanol–water partition coefficient (Wildman–Crippen LogP) is 3.10. The molecule has 0 aliphatic carbocycles. The van der Waals surface area contributed by atoms with Gasteiger partial charge < -0.3 is 5.11 Å². The fraction of sp³-hybridized carbons (Fsp3) is 0. The average molecular weight is 346 g/mol. The number of rotatable bonds is 2. The number of nitrogens with zero attached hydrogens (tertiary/aromatic N) is 2. The summed E-state index contributed by atoms with van der Waals surface area (Å²) in [6, 6.07) is 7.44. The molecule has 0 aliphatic rings. The Balaban J connectivity index is 2.53. The lowest BCUT2D eigenvalue weighted by Gasteiger charge is -2.03. The molecule has 82 valence electrons. The Morgan fingerprint density at radius 2 is 2.12 bits per heavy atom. The van der Waals surface area contributed by atoms with E-state index < -0.39 is 5.97 Å². The first-order valence-electron chi connectivity index (χ1n) is 4.32. The zero-order chi connectivity index (χ0) is 11.7. The number of hydrogen-bond acceptors (Lipinski definition) is 2. The standard InChI is InChI=1S/C10H6Br2N2O2/c11-6-2-1-3-7(4-6)14-9(12)8(5-13-14)10(15)16/h1-5H,(H,15,16). The van der Waals surface area contributed by atoms with Crippen LogP contribution in [0, 0.1) is 0 Å². The number of halogens is 2. The lowest BCUT2D eigenvalue weighted by Crippen LogP contribution is -1.99. The molecule has 1 aromatic carbocycles. The van der Waals surface area contributed by atoms with Crippen LogP contribution in [-0.4, -0.2) is 20.9 Å². The van der Waals surface area contributed by atoms with Crippen molar-refractivity contribution in [3.63, 3.8) is 0 Å². The van der Waals surface area contributed by atoms with Gasteiger partial charge in [0.15, 0.2) is 0 Å². The van der Waals surface area contributed by atoms with Crippen LogP contribution in [0.5, 0.6) is 0 Å². The summed E-state index contributed by atoms with van der Waals surface area (Å²) in [6.07, 6.45) is 1.31. The van der Waals surface area contributed by atoms with Gasteiger partial charge in [0, 0.05) is 4.47 Å². The number of hydrogen-bond donors (Lipinski definition) is 1. The maximum Gasteiger partial charge on any atom is 0.340 e. The molecule has 1 heterocycles. The monoisotopic (exact) mass is 344 g/mol. The molecule has 0 bridgehead atoms. The normalized spacial score (nSPS) is 10.4. The first-order valence-corrected chi connectivity index (χ1v) is 5.91. The van der Waals surface area contributed by atoms with Gasteiger partial charge in [-0.1, -0.05) is 22.0 Å². The van der Waals surface area contributed by atoms with Crippen LogP contribution in [0.1, 0.15) is 10.4 Å². The van der Waals surface area contributed by atoms with E-state index in [4.69, 9.17) is 5.11 Å². The van der Waals surface area contributed by atoms with Crippen molar-refractivity contribution in [1.29, 1.82) is 0 Å². The summed E-state index contributed by atoms with van der Waals surface area (Å²) in [7, 11) is 0. The lowest BCUT2D eigenvalue weighted by atomic mass is 10.3. The van der Waals surface area contributed by atoms with Gasteiger partial charge in [0.1, 0.15) is 10.2 Å². The highest BCUT2D eigenvalue weighted by Crippen LogP contribution is 2.22. The SMILES string of the molecule is O=C(O)c1cnn(-c2cccc(Br)c2)c1Br. The molecule has 2 rings (SSSR count). The van der Waals surface area contributed by atoms with E-state index in [0.717, 1.165) is 10.2 Å². The Labute approximate surface area is 108 Å². The van der Waals surface area contributed by atoms with Gasteiger partial charge in [-0.3, -0.25) is 0 Å². The Hall–Kier alpha value is -1.14. The third-order valence-corrected chi connectivity index (χ3v) is 3.25. The van der Waals surface area contributed by atoms with E-state index in [-0.39, 0.29) is 5.56 Å². The molecular weight excluding hydrogens is 340 g/mol. The van der Waals surface area contributed by atoms with Gasteiger partial charge >= 0.3 is 5.97 Å². The largest absolute Gasteiger partial charge is 0.478 e. The summed E-state index contributed by atoms with van der Waals surface area (Å²) in [5, 5.41) is 12.9. The fourth-order valence-electron chi connectivity index (χ4n) is 1.26. The minimum absolute atomic E-state index is 0.139. The van der Waals surface area contributed by atoms with Crippen LogP contribution in [0.25, 0.3) is 5.69 Å². The van der Waals surface area contributed by atoms with Crippen LogP contribution in [0.3, 0.4) is 0 Å². The van der Waals surface area contributed by atoms with E-state index in [1.165, 1.54) is 10.9 Å². The van der Waals surface area contributed by atoms with Gasteiger partial charge in [-0.2, -0.15) is 5.10 Å². The molecule has 0 amide bonds. The molecular formula is C10H6Br2N2O2. The molecule has 16 heavy (non-hydrogen) atoms. The molecule has 0 unspecified atom stereocenters. The zero-order valence-electron chi connectivity index (χ0n) is 7.89. The quantitative estimate of drug-likeness (QED) is 0.909. The molecule has 1 N–H and O–H groups in total. The highest BCUT2D eigenvalue weighted by molar-refractivity contribution is 9.10. The summed E-state index contributed by atoms with van der Waals surface area (Å²) in [5.74, 6) is -1.01. The van der Waals surface area contributed by atoms with Gasteiger partial charge in [-0.25, -0.2) is 9.48 Å². The lowest BCUT2D eigenvalue weighted by molar-refractivity contribution is 0.0696. The summed E-state index contributed by atoms with van der Waals surface area (Å²) < 4.78 is 2.86. The van der Waals surface area contributed by atoms with Gasteiger partial charge in [0.25, 0.3) is 0 Å². The van der Waals surface area contributed by atoms with Crippen molar-refractivity contribution in [2.45, 2.75) is 0 Å². The Bertz CT molecular complexity index is 552. The maximum atomic E-state index is 10.8. The minimum atomic E-state index is -1.01. The Morgan fingerprint density at radius 3 is 2.69 bits per heavy atom. The molecule has 0 saturated heterocycles. The topological polar surface area (TPSA) is 55.1 Å². The number of aromatic carboxylic acids is 1. The van der Waals surface area contributed by atoms with Crippen molar-refractivity contribution >= 4 is 37.8 Å². The molecule has 2 aromatic rings. The van der Waals surface area contributed by atoms with E-state index >= 15 is 0 Å². The number of benzene rings is 1. The number of carboxylic acid groups (broad SMARTS) is 1. The van der Waals surface area contributed by atoms with Crippen LogP contribution in [0.2, 0.25) is 0 Å². The number of carbonyl (C=O) groups is 1. The van der Waals surface area contributed by atoms with Crippen molar-refractivity contribution < 1.29 is 9.90 Å². The van der Waals surface area contributed by atoms with Crippen LogP contribution in [-0.2, 0) is 0 Å². The van der Waals surface area contributed by atoms with E-state index in [9.17, 15) is 4.79 Å². The molecule has 1 aromatic heterocycles. The molecule has 0 saturated carbocycles. The van der Waals surface area contributed by atoms with Crippen molar-refractivity contribution in [2.75, 3.05) is 0 Å². The molecule has 6 heteroatoms. The zero-order valence-corrected chi connectivity index (χ0v) is 11.1. The first-order chi connectivity index (χ1) is 7.59. The molecule has 0 aliphatic heterocycles. The maximum absolute atomic E-state index is 10.8. The molecule has 0 spiro atoms. The predicted molar refractivity (Wildman–Crippen MR) is 65.9 cm³/mol. The Kier molecular flexibility index (Phi) is 3.11. The van der Waals surface area contributed by atoms with E-state index in [1.54, 1.807) is 0 Å². The third kappa shape index (κ3) is 2.03. The minimum Gasteiger partial charge on any atom is -0.478 e. The highest BCUT2D eigenvalue weighted by atomic mass is 79.9. The smallest absolute Gasteiger partial charge is 0.340 e. The van der Waals surface area contributed by atoms with Gasteiger partial charge in [0.05, 0.1) is 11.9 Å². The van der Waals surface area contributed by atoms with Gasteiger partial charge in [0.2, 0.25) is 0 Å². The van der Waals surface area contributed by atoms with Crippen molar-refractivity contribution in [3.05, 3.63) is 45.1 Å². The van der Waals surface area contributed by atoms with Crippen molar-refractivity contribution in [2.24, 2.45) is 0 Å². The number of aromatic nitrogens is 2. The van der Waals surface area contributed by atoms with Crippen molar-refractivity contribution in [3.8, 4) is 5.69 Å².